The van der Waals surface area contributed by atoms with Gasteiger partial charge in [0, 0.05) is 56.9 Å². The quantitative estimate of drug-likeness (QED) is 0.881. The van der Waals surface area contributed by atoms with Crippen molar-refractivity contribution < 1.29 is 9.53 Å². The van der Waals surface area contributed by atoms with E-state index in [9.17, 15) is 4.79 Å². The zero-order chi connectivity index (χ0) is 16.2. The third-order valence-corrected chi connectivity index (χ3v) is 5.88. The van der Waals surface area contributed by atoms with Gasteiger partial charge in [-0.05, 0) is 19.8 Å². The third kappa shape index (κ3) is 4.29. The molecule has 1 aromatic heterocycles. The molecule has 2 N–H and O–H groups in total. The predicted molar refractivity (Wildman–Crippen MR) is 90.2 cm³/mol. The molecule has 2 aliphatic heterocycles. The van der Waals surface area contributed by atoms with Crippen LogP contribution in [-0.4, -0.2) is 66.1 Å². The minimum Gasteiger partial charge on any atom is -0.381 e. The van der Waals surface area contributed by atoms with Gasteiger partial charge >= 0.3 is 0 Å². The molecule has 2 aliphatic rings. The van der Waals surface area contributed by atoms with Crippen LogP contribution in [0.5, 0.6) is 0 Å². The van der Waals surface area contributed by atoms with E-state index in [1.165, 1.54) is 4.88 Å². The molecular formula is C16H26N4O2S. The van der Waals surface area contributed by atoms with E-state index in [0.29, 0.717) is 6.04 Å². The van der Waals surface area contributed by atoms with Gasteiger partial charge in [-0.3, -0.25) is 14.6 Å². The molecule has 0 aliphatic carbocycles. The number of primary amides is 1. The Labute approximate surface area is 141 Å². The molecule has 6 nitrogen and oxygen atoms in total. The molecule has 128 valence electrons. The molecule has 2 saturated heterocycles. The average Bonchev–Trinajstić information content (AvgIpc) is 2.83. The van der Waals surface area contributed by atoms with Gasteiger partial charge in [0.15, 0.2) is 0 Å². The van der Waals surface area contributed by atoms with Crippen LogP contribution in [0.1, 0.15) is 23.4 Å². The fourth-order valence-corrected chi connectivity index (χ4v) is 4.31. The van der Waals surface area contributed by atoms with E-state index < -0.39 is 0 Å². The maximum Gasteiger partial charge on any atom is 0.223 e. The Hall–Kier alpha value is -1.02. The standard InChI is InChI=1S/C16H26N4O2S/c1-12-15(23-11-18-12)10-19-4-5-20(9-13(8-19)16(17)21)14-2-6-22-7-3-14/h11,13-14H,2-10H2,1H3,(H2,17,21)/t13-/m0/s1. The van der Waals surface area contributed by atoms with Crippen LogP contribution >= 0.6 is 11.3 Å². The molecule has 2 fully saturated rings. The van der Waals surface area contributed by atoms with E-state index in [1.54, 1.807) is 11.3 Å². The van der Waals surface area contributed by atoms with Crippen molar-refractivity contribution >= 4 is 17.2 Å². The SMILES string of the molecule is Cc1ncsc1CN1CCN(C2CCOCC2)C[C@@H](C(N)=O)C1. The largest absolute Gasteiger partial charge is 0.381 e. The molecule has 1 amide bonds. The molecule has 1 atom stereocenters. The van der Waals surface area contributed by atoms with Crippen LogP contribution in [0.2, 0.25) is 0 Å². The molecule has 23 heavy (non-hydrogen) atoms. The van der Waals surface area contributed by atoms with Crippen molar-refractivity contribution in [2.24, 2.45) is 11.7 Å². The summed E-state index contributed by atoms with van der Waals surface area (Å²) in [5.74, 6) is -0.288. The Morgan fingerprint density at radius 1 is 1.39 bits per heavy atom. The Morgan fingerprint density at radius 2 is 2.17 bits per heavy atom. The summed E-state index contributed by atoms with van der Waals surface area (Å²) in [6.07, 6.45) is 2.11. The van der Waals surface area contributed by atoms with E-state index in [1.807, 2.05) is 12.4 Å². The van der Waals surface area contributed by atoms with Gasteiger partial charge in [0.1, 0.15) is 0 Å². The summed E-state index contributed by atoms with van der Waals surface area (Å²) < 4.78 is 5.47. The number of amides is 1. The lowest BCUT2D eigenvalue weighted by atomic mass is 10.0. The van der Waals surface area contributed by atoms with Gasteiger partial charge in [-0.1, -0.05) is 0 Å². The summed E-state index contributed by atoms with van der Waals surface area (Å²) in [6.45, 7) is 8.04. The van der Waals surface area contributed by atoms with Gasteiger partial charge in [0.25, 0.3) is 0 Å². The Morgan fingerprint density at radius 3 is 2.83 bits per heavy atom. The first-order valence-corrected chi connectivity index (χ1v) is 9.24. The Bertz CT molecular complexity index is 530. The number of hydrogen-bond donors (Lipinski definition) is 1. The number of ether oxygens (including phenoxy) is 1. The summed E-state index contributed by atoms with van der Waals surface area (Å²) in [7, 11) is 0. The molecule has 0 aromatic carbocycles. The van der Waals surface area contributed by atoms with Crippen LogP contribution in [0.25, 0.3) is 0 Å². The number of nitrogens with zero attached hydrogens (tertiary/aromatic N) is 3. The summed E-state index contributed by atoms with van der Waals surface area (Å²) in [4.78, 5) is 22.3. The van der Waals surface area contributed by atoms with Crippen molar-refractivity contribution in [2.45, 2.75) is 32.4 Å². The summed E-state index contributed by atoms with van der Waals surface area (Å²) in [5.41, 5.74) is 8.65. The maximum atomic E-state index is 11.9. The first kappa shape index (κ1) is 16.8. The lowest BCUT2D eigenvalue weighted by Gasteiger charge is -2.34. The van der Waals surface area contributed by atoms with Gasteiger partial charge in [-0.2, -0.15) is 0 Å². The number of rotatable bonds is 4. The summed E-state index contributed by atoms with van der Waals surface area (Å²) >= 11 is 1.69. The zero-order valence-electron chi connectivity index (χ0n) is 13.7. The molecule has 0 spiro atoms. The highest BCUT2D eigenvalue weighted by molar-refractivity contribution is 7.09. The predicted octanol–water partition coefficient (Wildman–Crippen LogP) is 0.850. The normalized spacial score (nSPS) is 25.3. The lowest BCUT2D eigenvalue weighted by Crippen LogP contribution is -2.44. The van der Waals surface area contributed by atoms with Crippen molar-refractivity contribution in [3.8, 4) is 0 Å². The first-order chi connectivity index (χ1) is 11.1. The molecule has 0 radical (unpaired) electrons. The molecule has 0 saturated carbocycles. The highest BCUT2D eigenvalue weighted by Crippen LogP contribution is 2.21. The number of nitrogens with two attached hydrogens (primary N) is 1. The topological polar surface area (TPSA) is 71.7 Å². The van der Waals surface area contributed by atoms with Crippen LogP contribution in [0.3, 0.4) is 0 Å². The van der Waals surface area contributed by atoms with E-state index in [4.69, 9.17) is 10.5 Å². The molecule has 3 rings (SSSR count). The third-order valence-electron chi connectivity index (χ3n) is 4.96. The highest BCUT2D eigenvalue weighted by Gasteiger charge is 2.31. The van der Waals surface area contributed by atoms with Gasteiger partial charge in [-0.25, -0.2) is 4.98 Å². The van der Waals surface area contributed by atoms with E-state index in [2.05, 4.69) is 14.8 Å². The molecule has 7 heteroatoms. The van der Waals surface area contributed by atoms with E-state index >= 15 is 0 Å². The number of carbonyl (C=O) groups excluding carboxylic acids is 1. The Balaban J connectivity index is 1.67. The van der Waals surface area contributed by atoms with Gasteiger partial charge in [0.05, 0.1) is 17.1 Å². The van der Waals surface area contributed by atoms with Gasteiger partial charge in [0.2, 0.25) is 5.91 Å². The summed E-state index contributed by atoms with van der Waals surface area (Å²) in [6, 6.07) is 0.524. The molecule has 1 aromatic rings. The Kier molecular flexibility index (Phi) is 5.63. The van der Waals surface area contributed by atoms with Crippen molar-refractivity contribution in [3.05, 3.63) is 16.1 Å². The van der Waals surface area contributed by atoms with Crippen LogP contribution in [0.15, 0.2) is 5.51 Å². The maximum absolute atomic E-state index is 11.9. The zero-order valence-corrected chi connectivity index (χ0v) is 14.6. The second-order valence-corrected chi connectivity index (χ2v) is 7.47. The summed E-state index contributed by atoms with van der Waals surface area (Å²) in [5, 5.41) is 0. The van der Waals surface area contributed by atoms with Crippen molar-refractivity contribution in [2.75, 3.05) is 39.4 Å². The molecule has 3 heterocycles. The molecule has 0 unspecified atom stereocenters. The molecule has 0 bridgehead atoms. The monoisotopic (exact) mass is 338 g/mol. The van der Waals surface area contributed by atoms with E-state index in [0.717, 1.165) is 64.5 Å². The lowest BCUT2D eigenvalue weighted by molar-refractivity contribution is -0.122. The number of carbonyl (C=O) groups is 1. The van der Waals surface area contributed by atoms with Crippen LogP contribution < -0.4 is 5.73 Å². The van der Waals surface area contributed by atoms with Crippen molar-refractivity contribution in [1.29, 1.82) is 0 Å². The minimum atomic E-state index is -0.185. The number of aromatic nitrogens is 1. The van der Waals surface area contributed by atoms with E-state index in [-0.39, 0.29) is 11.8 Å². The van der Waals surface area contributed by atoms with Crippen molar-refractivity contribution in [3.63, 3.8) is 0 Å². The number of aryl methyl sites for hydroxylation is 1. The minimum absolute atomic E-state index is 0.103. The average molecular weight is 338 g/mol. The smallest absolute Gasteiger partial charge is 0.223 e. The fourth-order valence-electron chi connectivity index (χ4n) is 3.49. The second-order valence-electron chi connectivity index (χ2n) is 6.53. The highest BCUT2D eigenvalue weighted by atomic mass is 32.1. The van der Waals surface area contributed by atoms with Gasteiger partial charge < -0.3 is 10.5 Å². The van der Waals surface area contributed by atoms with Crippen molar-refractivity contribution in [1.82, 2.24) is 14.8 Å². The number of hydrogen-bond acceptors (Lipinski definition) is 6. The second kappa shape index (κ2) is 7.70. The number of thiazole rings is 1. The first-order valence-electron chi connectivity index (χ1n) is 8.36. The van der Waals surface area contributed by atoms with Crippen LogP contribution in [-0.2, 0) is 16.1 Å². The fraction of sp³-hybridized carbons (Fsp3) is 0.750. The molecular weight excluding hydrogens is 312 g/mol. The van der Waals surface area contributed by atoms with Crippen LogP contribution in [0, 0.1) is 12.8 Å². The van der Waals surface area contributed by atoms with Gasteiger partial charge in [-0.15, -0.1) is 11.3 Å². The van der Waals surface area contributed by atoms with Crippen LogP contribution in [0.4, 0.5) is 0 Å².